The van der Waals surface area contributed by atoms with Crippen molar-refractivity contribution >= 4 is 16.8 Å². The number of ether oxygens (including phenoxy) is 1. The number of carbonyl (C=O) groups excluding carboxylic acids is 1. The van der Waals surface area contributed by atoms with Crippen molar-refractivity contribution in [2.24, 2.45) is 5.73 Å². The normalized spacial score (nSPS) is 9.30. The maximum absolute atomic E-state index is 10.4. The first kappa shape index (κ1) is 16.2. The van der Waals surface area contributed by atoms with Crippen molar-refractivity contribution in [3.8, 4) is 5.75 Å². The fourth-order valence-corrected chi connectivity index (χ4v) is 1.60. The number of halogens is 1. The molecule has 2 aromatic carbocycles. The molecule has 0 bridgehead atoms. The highest BCUT2D eigenvalue weighted by Gasteiger charge is 1.96. The Labute approximate surface area is 124 Å². The maximum Gasteiger partial charge on any atom is 0.226 e. The van der Waals surface area contributed by atoms with E-state index in [0.29, 0.717) is 19.6 Å². The molecule has 0 heterocycles. The summed E-state index contributed by atoms with van der Waals surface area (Å²) in [6, 6.07) is 19.1. The lowest BCUT2D eigenvalue weighted by molar-refractivity contribution is -0.111. The van der Waals surface area contributed by atoms with Crippen molar-refractivity contribution < 1.29 is 9.53 Å². The van der Waals surface area contributed by atoms with Crippen molar-refractivity contribution in [1.82, 2.24) is 0 Å². The van der Waals surface area contributed by atoms with Crippen LogP contribution < -0.4 is 10.5 Å². The number of nitrogens with two attached hydrogens (primary N) is 1. The van der Waals surface area contributed by atoms with Crippen LogP contribution >= 0.6 is 11.6 Å². The molecule has 0 atom stereocenters. The molecule has 20 heavy (non-hydrogen) atoms. The van der Waals surface area contributed by atoms with Crippen molar-refractivity contribution in [2.45, 2.75) is 6.42 Å². The van der Waals surface area contributed by atoms with Crippen molar-refractivity contribution in [2.75, 3.05) is 13.2 Å². The zero-order valence-electron chi connectivity index (χ0n) is 11.2. The predicted molar refractivity (Wildman–Crippen MR) is 82.0 cm³/mol. The maximum atomic E-state index is 10.4. The zero-order valence-corrected chi connectivity index (χ0v) is 11.9. The third kappa shape index (κ3) is 7.56. The van der Waals surface area contributed by atoms with Crippen LogP contribution in [-0.4, -0.2) is 18.4 Å². The highest BCUT2D eigenvalue weighted by molar-refractivity contribution is 6.63. The molecule has 0 aliphatic heterocycles. The van der Waals surface area contributed by atoms with Crippen LogP contribution in [0.25, 0.3) is 0 Å². The second kappa shape index (κ2) is 10.0. The second-order valence-electron chi connectivity index (χ2n) is 3.97. The molecule has 0 fully saturated rings. The summed E-state index contributed by atoms with van der Waals surface area (Å²) in [5, 5.41) is -0.314. The minimum Gasteiger partial charge on any atom is -0.492 e. The summed E-state index contributed by atoms with van der Waals surface area (Å²) in [7, 11) is 0. The Bertz CT molecular complexity index is 488. The fourth-order valence-electron chi connectivity index (χ4n) is 1.45. The first-order valence-electron chi connectivity index (χ1n) is 6.32. The largest absolute Gasteiger partial charge is 0.492 e. The van der Waals surface area contributed by atoms with Gasteiger partial charge in [0.2, 0.25) is 5.24 Å². The van der Waals surface area contributed by atoms with Gasteiger partial charge in [0.15, 0.2) is 0 Å². The van der Waals surface area contributed by atoms with Crippen molar-refractivity contribution in [3.63, 3.8) is 0 Å². The van der Waals surface area contributed by atoms with E-state index in [-0.39, 0.29) is 5.24 Å². The fraction of sp³-hybridized carbons (Fsp3) is 0.188. The summed E-state index contributed by atoms with van der Waals surface area (Å²) in [6.07, 6.45) is 0.322. The highest BCUT2D eigenvalue weighted by atomic mass is 35.5. The molecule has 0 saturated heterocycles. The third-order valence-corrected chi connectivity index (χ3v) is 2.45. The Balaban J connectivity index is 0.000000200. The number of carbonyl (C=O) groups is 1. The summed E-state index contributed by atoms with van der Waals surface area (Å²) >= 11 is 5.17. The summed E-state index contributed by atoms with van der Waals surface area (Å²) in [5.74, 6) is 0.882. The van der Waals surface area contributed by atoms with Gasteiger partial charge in [-0.25, -0.2) is 0 Å². The van der Waals surface area contributed by atoms with Crippen LogP contribution in [0.4, 0.5) is 0 Å². The van der Waals surface area contributed by atoms with Gasteiger partial charge < -0.3 is 10.5 Å². The van der Waals surface area contributed by atoms with Gasteiger partial charge >= 0.3 is 0 Å². The molecule has 2 N–H and O–H groups in total. The first-order chi connectivity index (χ1) is 9.72. The van der Waals surface area contributed by atoms with Crippen LogP contribution in [0.5, 0.6) is 5.75 Å². The van der Waals surface area contributed by atoms with Crippen LogP contribution in [0.1, 0.15) is 5.56 Å². The number of benzene rings is 2. The molecular formula is C16H18ClNO2. The van der Waals surface area contributed by atoms with Crippen LogP contribution in [0.15, 0.2) is 60.7 Å². The molecule has 0 amide bonds. The van der Waals surface area contributed by atoms with E-state index in [1.54, 1.807) is 0 Å². The van der Waals surface area contributed by atoms with Gasteiger partial charge in [-0.3, -0.25) is 4.79 Å². The SMILES string of the molecule is NCCOc1ccccc1.O=C(Cl)Cc1ccccc1. The van der Waals surface area contributed by atoms with Crippen molar-refractivity contribution in [1.29, 1.82) is 0 Å². The topological polar surface area (TPSA) is 52.3 Å². The molecule has 0 unspecified atom stereocenters. The van der Waals surface area contributed by atoms with Gasteiger partial charge in [-0.05, 0) is 29.3 Å². The van der Waals surface area contributed by atoms with E-state index in [1.165, 1.54) is 0 Å². The molecule has 4 heteroatoms. The number of para-hydroxylation sites is 1. The molecule has 0 radical (unpaired) electrons. The number of hydrogen-bond donors (Lipinski definition) is 1. The van der Waals surface area contributed by atoms with Crippen LogP contribution in [-0.2, 0) is 11.2 Å². The van der Waals surface area contributed by atoms with Crippen LogP contribution in [0.2, 0.25) is 0 Å². The van der Waals surface area contributed by atoms with E-state index in [2.05, 4.69) is 0 Å². The molecule has 0 aromatic heterocycles. The summed E-state index contributed by atoms with van der Waals surface area (Å²) in [5.41, 5.74) is 6.21. The van der Waals surface area contributed by atoms with E-state index in [4.69, 9.17) is 22.1 Å². The van der Waals surface area contributed by atoms with Gasteiger partial charge in [0.1, 0.15) is 12.4 Å². The Morgan fingerprint density at radius 3 is 2.05 bits per heavy atom. The van der Waals surface area contributed by atoms with Crippen LogP contribution in [0, 0.1) is 0 Å². The monoisotopic (exact) mass is 291 g/mol. The summed E-state index contributed by atoms with van der Waals surface area (Å²) < 4.78 is 5.23. The lowest BCUT2D eigenvalue weighted by Gasteiger charge is -2.01. The van der Waals surface area contributed by atoms with Crippen molar-refractivity contribution in [3.05, 3.63) is 66.2 Å². The number of rotatable bonds is 5. The minimum absolute atomic E-state index is 0.314. The minimum atomic E-state index is -0.314. The average Bonchev–Trinajstić information content (AvgIpc) is 2.47. The quantitative estimate of drug-likeness (QED) is 0.862. The van der Waals surface area contributed by atoms with Gasteiger partial charge in [0.25, 0.3) is 0 Å². The molecule has 0 spiro atoms. The van der Waals surface area contributed by atoms with E-state index < -0.39 is 0 Å². The number of hydrogen-bond acceptors (Lipinski definition) is 3. The molecule has 3 nitrogen and oxygen atoms in total. The average molecular weight is 292 g/mol. The van der Waals surface area contributed by atoms with Gasteiger partial charge in [-0.1, -0.05) is 48.5 Å². The zero-order chi connectivity index (χ0) is 14.6. The van der Waals surface area contributed by atoms with E-state index in [0.717, 1.165) is 11.3 Å². The van der Waals surface area contributed by atoms with Gasteiger partial charge in [0, 0.05) is 13.0 Å². The molecule has 0 aliphatic carbocycles. The van der Waals surface area contributed by atoms with E-state index >= 15 is 0 Å². The molecule has 2 rings (SSSR count). The first-order valence-corrected chi connectivity index (χ1v) is 6.70. The Kier molecular flexibility index (Phi) is 8.11. The smallest absolute Gasteiger partial charge is 0.226 e. The van der Waals surface area contributed by atoms with E-state index in [9.17, 15) is 4.79 Å². The van der Waals surface area contributed by atoms with Gasteiger partial charge in [-0.2, -0.15) is 0 Å². The van der Waals surface area contributed by atoms with Gasteiger partial charge in [-0.15, -0.1) is 0 Å². The molecule has 0 aliphatic rings. The van der Waals surface area contributed by atoms with E-state index in [1.807, 2.05) is 60.7 Å². The lowest BCUT2D eigenvalue weighted by Crippen LogP contribution is -2.10. The van der Waals surface area contributed by atoms with Crippen LogP contribution in [0.3, 0.4) is 0 Å². The van der Waals surface area contributed by atoms with Gasteiger partial charge in [0.05, 0.1) is 0 Å². The standard InChI is InChI=1S/C8H7ClO.C8H11NO/c9-8(10)6-7-4-2-1-3-5-7;9-6-7-10-8-4-2-1-3-5-8/h1-5H,6H2;1-5H,6-7,9H2. The third-order valence-electron chi connectivity index (χ3n) is 2.32. The molecular weight excluding hydrogens is 274 g/mol. The second-order valence-corrected chi connectivity index (χ2v) is 4.39. The molecule has 2 aromatic rings. The molecule has 106 valence electrons. The summed E-state index contributed by atoms with van der Waals surface area (Å²) in [4.78, 5) is 10.4. The highest BCUT2D eigenvalue weighted by Crippen LogP contribution is 2.06. The predicted octanol–water partition coefficient (Wildman–Crippen LogP) is 3.02. The lowest BCUT2D eigenvalue weighted by atomic mass is 10.2. The summed E-state index contributed by atoms with van der Waals surface area (Å²) in [6.45, 7) is 1.15. The Morgan fingerprint density at radius 2 is 1.55 bits per heavy atom. The Hall–Kier alpha value is -1.84. The molecule has 0 saturated carbocycles. The Morgan fingerprint density at radius 1 is 1.00 bits per heavy atom.